The van der Waals surface area contributed by atoms with Gasteiger partial charge in [-0.25, -0.2) is 4.39 Å². The van der Waals surface area contributed by atoms with E-state index >= 15 is 0 Å². The molecule has 1 aromatic heterocycles. The van der Waals surface area contributed by atoms with Gasteiger partial charge < -0.3 is 9.30 Å². The largest absolute Gasteiger partial charge is 0.494 e. The molecular weight excluding hydrogens is 277 g/mol. The summed E-state index contributed by atoms with van der Waals surface area (Å²) in [5.74, 6) is -0.0892. The summed E-state index contributed by atoms with van der Waals surface area (Å²) in [7, 11) is 1.46. The molecule has 0 saturated heterocycles. The molecule has 2 nitrogen and oxygen atoms in total. The van der Waals surface area contributed by atoms with Crippen LogP contribution in [-0.2, 0) is 6.54 Å². The van der Waals surface area contributed by atoms with Gasteiger partial charge in [0.15, 0.2) is 11.6 Å². The van der Waals surface area contributed by atoms with E-state index in [2.05, 4.69) is 0 Å². The Kier molecular flexibility index (Phi) is 3.36. The number of hydrogen-bond donors (Lipinski definition) is 0. The summed E-state index contributed by atoms with van der Waals surface area (Å²) in [6.45, 7) is 0.588. The maximum Gasteiger partial charge on any atom is 0.165 e. The average Bonchev–Trinajstić information content (AvgIpc) is 2.84. The Morgan fingerprint density at radius 2 is 2.05 bits per heavy atom. The Labute approximate surface area is 121 Å². The minimum Gasteiger partial charge on any atom is -0.494 e. The van der Waals surface area contributed by atoms with Crippen molar-refractivity contribution < 1.29 is 9.13 Å². The van der Waals surface area contributed by atoms with Crippen LogP contribution in [0.15, 0.2) is 48.7 Å². The second-order valence-corrected chi connectivity index (χ2v) is 4.99. The van der Waals surface area contributed by atoms with E-state index in [0.717, 1.165) is 21.5 Å². The summed E-state index contributed by atoms with van der Waals surface area (Å²) in [5, 5.41) is 1.73. The van der Waals surface area contributed by atoms with Crippen molar-refractivity contribution in [2.45, 2.75) is 6.54 Å². The highest BCUT2D eigenvalue weighted by molar-refractivity contribution is 6.35. The molecule has 0 atom stereocenters. The Morgan fingerprint density at radius 1 is 1.20 bits per heavy atom. The number of ether oxygens (including phenoxy) is 1. The molecule has 0 bridgehead atoms. The van der Waals surface area contributed by atoms with E-state index in [1.54, 1.807) is 6.07 Å². The first-order valence-electron chi connectivity index (χ1n) is 6.25. The summed E-state index contributed by atoms with van der Waals surface area (Å²) >= 11 is 6.15. The number of fused-ring (bicyclic) bond motifs is 1. The number of methoxy groups -OCH3 is 1. The van der Waals surface area contributed by atoms with Gasteiger partial charge in [-0.15, -0.1) is 0 Å². The SMILES string of the molecule is COc1ccc(Cn2ccc3c(Cl)cccc32)cc1F. The zero-order valence-corrected chi connectivity index (χ0v) is 11.7. The van der Waals surface area contributed by atoms with Gasteiger partial charge in [0.1, 0.15) is 0 Å². The normalized spacial score (nSPS) is 10.9. The van der Waals surface area contributed by atoms with E-state index in [1.165, 1.54) is 13.2 Å². The summed E-state index contributed by atoms with van der Waals surface area (Å²) < 4.78 is 20.7. The second kappa shape index (κ2) is 5.17. The standard InChI is InChI=1S/C16H13ClFNO/c1-20-16-6-5-11(9-14(16)18)10-19-8-7-12-13(17)3-2-4-15(12)19/h2-9H,10H2,1H3. The number of benzene rings is 2. The fraction of sp³-hybridized carbons (Fsp3) is 0.125. The maximum atomic E-state index is 13.7. The van der Waals surface area contributed by atoms with E-state index < -0.39 is 0 Å². The Balaban J connectivity index is 1.97. The number of hydrogen-bond acceptors (Lipinski definition) is 1. The Morgan fingerprint density at radius 3 is 2.80 bits per heavy atom. The Hall–Kier alpha value is -2.00. The van der Waals surface area contributed by atoms with Crippen LogP contribution in [0.4, 0.5) is 4.39 Å². The topological polar surface area (TPSA) is 14.2 Å². The number of halogens is 2. The first-order chi connectivity index (χ1) is 9.69. The molecule has 0 saturated carbocycles. The van der Waals surface area contributed by atoms with Crippen LogP contribution in [0.25, 0.3) is 10.9 Å². The van der Waals surface area contributed by atoms with Crippen LogP contribution >= 0.6 is 11.6 Å². The third-order valence-electron chi connectivity index (χ3n) is 3.33. The van der Waals surface area contributed by atoms with Crippen molar-refractivity contribution in [3.05, 3.63) is 65.1 Å². The molecule has 3 aromatic rings. The average molecular weight is 290 g/mol. The quantitative estimate of drug-likeness (QED) is 0.693. The predicted octanol–water partition coefficient (Wildman–Crippen LogP) is 4.49. The van der Waals surface area contributed by atoms with Crippen LogP contribution < -0.4 is 4.74 Å². The smallest absolute Gasteiger partial charge is 0.165 e. The molecular formula is C16H13ClFNO. The lowest BCUT2D eigenvalue weighted by molar-refractivity contribution is 0.386. The van der Waals surface area contributed by atoms with Crippen molar-refractivity contribution >= 4 is 22.5 Å². The van der Waals surface area contributed by atoms with E-state index in [1.807, 2.05) is 41.1 Å². The highest BCUT2D eigenvalue weighted by Crippen LogP contribution is 2.25. The van der Waals surface area contributed by atoms with Crippen LogP contribution in [0.1, 0.15) is 5.56 Å². The molecule has 0 fully saturated rings. The third-order valence-corrected chi connectivity index (χ3v) is 3.66. The van der Waals surface area contributed by atoms with Gasteiger partial charge in [0, 0.05) is 28.7 Å². The van der Waals surface area contributed by atoms with Gasteiger partial charge in [-0.3, -0.25) is 0 Å². The molecule has 4 heteroatoms. The van der Waals surface area contributed by atoms with Crippen molar-refractivity contribution in [3.63, 3.8) is 0 Å². The molecule has 0 N–H and O–H groups in total. The predicted molar refractivity (Wildman–Crippen MR) is 79.0 cm³/mol. The van der Waals surface area contributed by atoms with Crippen molar-refractivity contribution in [2.24, 2.45) is 0 Å². The molecule has 2 aromatic carbocycles. The fourth-order valence-corrected chi connectivity index (χ4v) is 2.56. The molecule has 0 aliphatic heterocycles. The molecule has 0 radical (unpaired) electrons. The van der Waals surface area contributed by atoms with E-state index in [4.69, 9.17) is 16.3 Å². The highest BCUT2D eigenvalue weighted by atomic mass is 35.5. The van der Waals surface area contributed by atoms with Crippen molar-refractivity contribution in [2.75, 3.05) is 7.11 Å². The lowest BCUT2D eigenvalue weighted by atomic mass is 10.2. The monoisotopic (exact) mass is 289 g/mol. The van der Waals surface area contributed by atoms with Crippen molar-refractivity contribution in [1.29, 1.82) is 0 Å². The van der Waals surface area contributed by atoms with Crippen LogP contribution in [-0.4, -0.2) is 11.7 Å². The zero-order valence-electron chi connectivity index (χ0n) is 10.9. The number of aromatic nitrogens is 1. The van der Waals surface area contributed by atoms with Crippen molar-refractivity contribution in [3.8, 4) is 5.75 Å². The fourth-order valence-electron chi connectivity index (χ4n) is 2.33. The molecule has 0 aliphatic rings. The van der Waals surface area contributed by atoms with Crippen LogP contribution in [0.3, 0.4) is 0 Å². The molecule has 0 amide bonds. The van der Waals surface area contributed by atoms with Gasteiger partial charge in [0.25, 0.3) is 0 Å². The van der Waals surface area contributed by atoms with Crippen LogP contribution in [0.5, 0.6) is 5.75 Å². The first-order valence-corrected chi connectivity index (χ1v) is 6.62. The van der Waals surface area contributed by atoms with Gasteiger partial charge in [-0.1, -0.05) is 23.7 Å². The molecule has 1 heterocycles. The molecule has 3 rings (SSSR count). The summed E-state index contributed by atoms with van der Waals surface area (Å²) in [6.07, 6.45) is 1.96. The van der Waals surface area contributed by atoms with Gasteiger partial charge >= 0.3 is 0 Å². The van der Waals surface area contributed by atoms with E-state index in [0.29, 0.717) is 6.54 Å². The van der Waals surface area contributed by atoms with Crippen LogP contribution in [0.2, 0.25) is 5.02 Å². The molecule has 102 valence electrons. The summed E-state index contributed by atoms with van der Waals surface area (Å²) in [5.41, 5.74) is 1.91. The highest BCUT2D eigenvalue weighted by Gasteiger charge is 2.07. The van der Waals surface area contributed by atoms with E-state index in [-0.39, 0.29) is 11.6 Å². The minimum atomic E-state index is -0.348. The molecule has 0 aliphatic carbocycles. The molecule has 0 spiro atoms. The van der Waals surface area contributed by atoms with Crippen LogP contribution in [0, 0.1) is 5.82 Å². The third kappa shape index (κ3) is 2.25. The summed E-state index contributed by atoms with van der Waals surface area (Å²) in [6, 6.07) is 12.7. The van der Waals surface area contributed by atoms with Gasteiger partial charge in [-0.2, -0.15) is 0 Å². The lowest BCUT2D eigenvalue weighted by Crippen LogP contribution is -1.99. The zero-order chi connectivity index (χ0) is 14.1. The van der Waals surface area contributed by atoms with Gasteiger partial charge in [0.2, 0.25) is 0 Å². The molecule has 0 unspecified atom stereocenters. The summed E-state index contributed by atoms with van der Waals surface area (Å²) in [4.78, 5) is 0. The molecule has 20 heavy (non-hydrogen) atoms. The number of rotatable bonds is 3. The first kappa shape index (κ1) is 13.0. The lowest BCUT2D eigenvalue weighted by Gasteiger charge is -2.08. The second-order valence-electron chi connectivity index (χ2n) is 4.59. The maximum absolute atomic E-state index is 13.7. The van der Waals surface area contributed by atoms with Gasteiger partial charge in [-0.05, 0) is 35.9 Å². The van der Waals surface area contributed by atoms with Crippen molar-refractivity contribution in [1.82, 2.24) is 4.57 Å². The Bertz CT molecular complexity index is 766. The number of nitrogens with zero attached hydrogens (tertiary/aromatic N) is 1. The van der Waals surface area contributed by atoms with Gasteiger partial charge in [0.05, 0.1) is 7.11 Å². The van der Waals surface area contributed by atoms with E-state index in [9.17, 15) is 4.39 Å². The minimum absolute atomic E-state index is 0.258.